The minimum atomic E-state index is -3.24. The van der Waals surface area contributed by atoms with Gasteiger partial charge in [0.25, 0.3) is 0 Å². The van der Waals surface area contributed by atoms with Gasteiger partial charge in [-0.15, -0.1) is 10.2 Å². The maximum absolute atomic E-state index is 11.6. The Morgan fingerprint density at radius 2 is 1.88 bits per heavy atom. The van der Waals surface area contributed by atoms with Crippen LogP contribution in [0.25, 0.3) is 10.6 Å². The zero-order chi connectivity index (χ0) is 11.6. The van der Waals surface area contributed by atoms with Gasteiger partial charge in [0.05, 0.1) is 5.75 Å². The molecule has 4 nitrogen and oxygen atoms in total. The topological polar surface area (TPSA) is 59.9 Å². The van der Waals surface area contributed by atoms with Crippen LogP contribution in [0.15, 0.2) is 34.7 Å². The van der Waals surface area contributed by atoms with E-state index in [9.17, 15) is 8.42 Å². The molecule has 84 valence electrons. The van der Waals surface area contributed by atoms with E-state index in [-0.39, 0.29) is 10.1 Å². The second kappa shape index (κ2) is 4.31. The summed E-state index contributed by atoms with van der Waals surface area (Å²) in [5.74, 6) is 0.0520. The molecule has 6 heteroatoms. The van der Waals surface area contributed by atoms with Gasteiger partial charge in [-0.2, -0.15) is 0 Å². The first-order valence-corrected chi connectivity index (χ1v) is 7.22. The Hall–Kier alpha value is -1.27. The molecule has 0 aliphatic rings. The lowest BCUT2D eigenvalue weighted by Gasteiger charge is -1.92. The Kier molecular flexibility index (Phi) is 3.02. The minimum absolute atomic E-state index is 0.0520. The molecule has 16 heavy (non-hydrogen) atoms. The number of hydrogen-bond donors (Lipinski definition) is 0. The monoisotopic (exact) mass is 254 g/mol. The van der Waals surface area contributed by atoms with Gasteiger partial charge in [-0.3, -0.25) is 0 Å². The van der Waals surface area contributed by atoms with E-state index in [2.05, 4.69) is 10.2 Å². The fourth-order valence-electron chi connectivity index (χ4n) is 1.16. The van der Waals surface area contributed by atoms with Gasteiger partial charge >= 0.3 is 0 Å². The normalized spacial score (nSPS) is 11.6. The van der Waals surface area contributed by atoms with E-state index < -0.39 is 9.84 Å². The lowest BCUT2D eigenvalue weighted by molar-refractivity contribution is 0.595. The maximum Gasteiger partial charge on any atom is 0.232 e. The Balaban J connectivity index is 2.42. The third-order valence-electron chi connectivity index (χ3n) is 2.07. The molecule has 0 N–H and O–H groups in total. The van der Waals surface area contributed by atoms with Crippen LogP contribution < -0.4 is 0 Å². The Bertz CT molecular complexity index is 576. The first-order valence-electron chi connectivity index (χ1n) is 4.75. The standard InChI is InChI=1S/C10H10N2O2S2/c1-2-16(13,14)10-12-11-9(15-10)8-6-4-3-5-7-8/h3-7H,2H2,1H3. The SMILES string of the molecule is CCS(=O)(=O)c1nnc(-c2ccccc2)s1. The molecule has 2 aromatic rings. The van der Waals surface area contributed by atoms with Gasteiger partial charge in [0.1, 0.15) is 5.01 Å². The lowest BCUT2D eigenvalue weighted by atomic mass is 10.2. The smallest absolute Gasteiger partial charge is 0.221 e. The van der Waals surface area contributed by atoms with Crippen molar-refractivity contribution in [1.29, 1.82) is 0 Å². The van der Waals surface area contributed by atoms with Crippen molar-refractivity contribution in [2.45, 2.75) is 11.3 Å². The molecule has 0 aliphatic carbocycles. The van der Waals surface area contributed by atoms with Crippen LogP contribution in [0, 0.1) is 0 Å². The summed E-state index contributed by atoms with van der Waals surface area (Å²) >= 11 is 1.11. The average molecular weight is 254 g/mol. The Morgan fingerprint density at radius 1 is 1.19 bits per heavy atom. The van der Waals surface area contributed by atoms with E-state index in [1.54, 1.807) is 6.92 Å². The van der Waals surface area contributed by atoms with Crippen LogP contribution in [0.5, 0.6) is 0 Å². The highest BCUT2D eigenvalue weighted by Gasteiger charge is 2.18. The minimum Gasteiger partial charge on any atom is -0.221 e. The number of nitrogens with zero attached hydrogens (tertiary/aromatic N) is 2. The van der Waals surface area contributed by atoms with Crippen molar-refractivity contribution >= 4 is 21.2 Å². The van der Waals surface area contributed by atoms with Crippen molar-refractivity contribution in [3.05, 3.63) is 30.3 Å². The molecule has 0 saturated heterocycles. The highest BCUT2D eigenvalue weighted by molar-refractivity contribution is 7.93. The van der Waals surface area contributed by atoms with Crippen molar-refractivity contribution in [3.8, 4) is 10.6 Å². The van der Waals surface area contributed by atoms with E-state index in [4.69, 9.17) is 0 Å². The van der Waals surface area contributed by atoms with Crippen molar-refractivity contribution in [2.75, 3.05) is 5.75 Å². The van der Waals surface area contributed by atoms with E-state index >= 15 is 0 Å². The van der Waals surface area contributed by atoms with Crippen LogP contribution in [0.2, 0.25) is 0 Å². The molecule has 1 aromatic carbocycles. The van der Waals surface area contributed by atoms with Crippen molar-refractivity contribution in [2.24, 2.45) is 0 Å². The first kappa shape index (κ1) is 11.2. The van der Waals surface area contributed by atoms with E-state index in [0.29, 0.717) is 5.01 Å². The molecule has 2 rings (SSSR count). The Morgan fingerprint density at radius 3 is 2.50 bits per heavy atom. The lowest BCUT2D eigenvalue weighted by Crippen LogP contribution is -2.02. The first-order chi connectivity index (χ1) is 7.63. The van der Waals surface area contributed by atoms with Crippen LogP contribution in [0.1, 0.15) is 6.92 Å². The molecule has 1 aromatic heterocycles. The van der Waals surface area contributed by atoms with Crippen LogP contribution >= 0.6 is 11.3 Å². The summed E-state index contributed by atoms with van der Waals surface area (Å²) in [6, 6.07) is 9.41. The highest BCUT2D eigenvalue weighted by Crippen LogP contribution is 2.25. The fourth-order valence-corrected chi connectivity index (χ4v) is 3.25. The van der Waals surface area contributed by atoms with E-state index in [1.807, 2.05) is 30.3 Å². The summed E-state index contributed by atoms with van der Waals surface area (Å²) in [4.78, 5) is 0. The van der Waals surface area contributed by atoms with Crippen LogP contribution in [0.4, 0.5) is 0 Å². The highest BCUT2D eigenvalue weighted by atomic mass is 32.2. The molecule has 0 unspecified atom stereocenters. The summed E-state index contributed by atoms with van der Waals surface area (Å²) in [7, 11) is -3.24. The van der Waals surface area contributed by atoms with Crippen LogP contribution in [-0.4, -0.2) is 24.4 Å². The number of hydrogen-bond acceptors (Lipinski definition) is 5. The van der Waals surface area contributed by atoms with Gasteiger partial charge in [0.2, 0.25) is 14.2 Å². The van der Waals surface area contributed by atoms with Gasteiger partial charge < -0.3 is 0 Å². The van der Waals surface area contributed by atoms with Crippen molar-refractivity contribution in [3.63, 3.8) is 0 Å². The zero-order valence-corrected chi connectivity index (χ0v) is 10.3. The number of aromatic nitrogens is 2. The number of sulfone groups is 1. The predicted octanol–water partition coefficient (Wildman–Crippen LogP) is 2.00. The van der Waals surface area contributed by atoms with Crippen molar-refractivity contribution < 1.29 is 8.42 Å². The molecule has 0 radical (unpaired) electrons. The molecular formula is C10H10N2O2S2. The fraction of sp³-hybridized carbons (Fsp3) is 0.200. The molecule has 0 spiro atoms. The van der Waals surface area contributed by atoms with E-state index in [0.717, 1.165) is 16.9 Å². The van der Waals surface area contributed by atoms with Crippen LogP contribution in [-0.2, 0) is 9.84 Å². The second-order valence-corrected chi connectivity index (χ2v) is 6.57. The predicted molar refractivity (Wildman–Crippen MR) is 63.1 cm³/mol. The third kappa shape index (κ3) is 2.12. The van der Waals surface area contributed by atoms with E-state index in [1.165, 1.54) is 0 Å². The van der Waals surface area contributed by atoms with Crippen molar-refractivity contribution in [1.82, 2.24) is 10.2 Å². The molecule has 0 atom stereocenters. The van der Waals surface area contributed by atoms with Gasteiger partial charge in [-0.1, -0.05) is 48.6 Å². The number of rotatable bonds is 3. The average Bonchev–Trinajstić information content (AvgIpc) is 2.80. The molecule has 1 heterocycles. The molecule has 0 aliphatic heterocycles. The summed E-state index contributed by atoms with van der Waals surface area (Å²) in [5.41, 5.74) is 0.887. The third-order valence-corrected chi connectivity index (χ3v) is 5.23. The quantitative estimate of drug-likeness (QED) is 0.840. The Labute approximate surface area is 97.9 Å². The second-order valence-electron chi connectivity index (χ2n) is 3.14. The summed E-state index contributed by atoms with van der Waals surface area (Å²) in [6.07, 6.45) is 0. The maximum atomic E-state index is 11.6. The molecular weight excluding hydrogens is 244 g/mol. The van der Waals surface area contributed by atoms with Crippen LogP contribution in [0.3, 0.4) is 0 Å². The molecule has 0 fully saturated rings. The number of benzene rings is 1. The van der Waals surface area contributed by atoms with Gasteiger partial charge in [0.15, 0.2) is 0 Å². The molecule has 0 bridgehead atoms. The summed E-state index contributed by atoms with van der Waals surface area (Å²) in [5, 5.41) is 8.24. The zero-order valence-electron chi connectivity index (χ0n) is 8.62. The van der Waals surface area contributed by atoms with Gasteiger partial charge in [0, 0.05) is 5.56 Å². The van der Waals surface area contributed by atoms with Gasteiger partial charge in [-0.05, 0) is 0 Å². The molecule has 0 saturated carbocycles. The largest absolute Gasteiger partial charge is 0.232 e. The summed E-state index contributed by atoms with van der Waals surface area (Å²) in [6.45, 7) is 1.60. The molecule has 0 amide bonds. The summed E-state index contributed by atoms with van der Waals surface area (Å²) < 4.78 is 23.2. The van der Waals surface area contributed by atoms with Gasteiger partial charge in [-0.25, -0.2) is 8.42 Å².